The first kappa shape index (κ1) is 12.7. The van der Waals surface area contributed by atoms with Gasteiger partial charge in [-0.25, -0.2) is 4.98 Å². The highest BCUT2D eigenvalue weighted by atomic mass is 16.5. The molecular weight excluding hydrogens is 252 g/mol. The highest BCUT2D eigenvalue weighted by Gasteiger charge is 2.12. The van der Waals surface area contributed by atoms with Crippen LogP contribution in [-0.4, -0.2) is 21.7 Å². The molecule has 20 heavy (non-hydrogen) atoms. The standard InChI is InChI=1S/C15H16N4O/c1-10(9-16)8-14-18-15(19-20-14)13-7-6-11-4-2-3-5-12(11)17-13/h2-7,10H,8-9,16H2,1H3. The second kappa shape index (κ2) is 5.38. The number of rotatable bonds is 4. The van der Waals surface area contributed by atoms with Crippen LogP contribution in [0.3, 0.4) is 0 Å². The van der Waals surface area contributed by atoms with E-state index < -0.39 is 0 Å². The fraction of sp³-hybridized carbons (Fsp3) is 0.267. The first-order chi connectivity index (χ1) is 9.76. The number of hydrogen-bond donors (Lipinski definition) is 1. The lowest BCUT2D eigenvalue weighted by Crippen LogP contribution is -2.13. The van der Waals surface area contributed by atoms with Crippen LogP contribution in [0.4, 0.5) is 0 Å². The van der Waals surface area contributed by atoms with Crippen molar-refractivity contribution in [3.05, 3.63) is 42.3 Å². The van der Waals surface area contributed by atoms with Crippen LogP contribution in [0.1, 0.15) is 12.8 Å². The average Bonchev–Trinajstić information content (AvgIpc) is 2.95. The minimum atomic E-state index is 0.327. The predicted octanol–water partition coefficient (Wildman–Crippen LogP) is 2.42. The molecule has 0 saturated carbocycles. The summed E-state index contributed by atoms with van der Waals surface area (Å²) in [4.78, 5) is 8.93. The van der Waals surface area contributed by atoms with E-state index >= 15 is 0 Å². The third kappa shape index (κ3) is 2.53. The molecule has 0 spiro atoms. The Kier molecular flexibility index (Phi) is 3.43. The van der Waals surface area contributed by atoms with Crippen molar-refractivity contribution in [1.29, 1.82) is 0 Å². The Morgan fingerprint density at radius 1 is 1.15 bits per heavy atom. The summed E-state index contributed by atoms with van der Waals surface area (Å²) in [7, 11) is 0. The van der Waals surface area contributed by atoms with Crippen molar-refractivity contribution < 1.29 is 4.52 Å². The van der Waals surface area contributed by atoms with E-state index in [0.29, 0.717) is 30.6 Å². The van der Waals surface area contributed by atoms with E-state index in [9.17, 15) is 0 Å². The normalized spacial score (nSPS) is 12.7. The van der Waals surface area contributed by atoms with Crippen molar-refractivity contribution >= 4 is 10.9 Å². The Morgan fingerprint density at radius 3 is 2.85 bits per heavy atom. The van der Waals surface area contributed by atoms with Crippen molar-refractivity contribution in [2.75, 3.05) is 6.54 Å². The first-order valence-corrected chi connectivity index (χ1v) is 6.65. The number of para-hydroxylation sites is 1. The second-order valence-corrected chi connectivity index (χ2v) is 4.95. The highest BCUT2D eigenvalue weighted by molar-refractivity contribution is 5.80. The molecule has 0 saturated heterocycles. The summed E-state index contributed by atoms with van der Waals surface area (Å²) in [6, 6.07) is 11.9. The van der Waals surface area contributed by atoms with Gasteiger partial charge in [0.2, 0.25) is 11.7 Å². The van der Waals surface area contributed by atoms with Gasteiger partial charge in [-0.15, -0.1) is 0 Å². The van der Waals surface area contributed by atoms with Crippen LogP contribution in [-0.2, 0) is 6.42 Å². The molecule has 5 heteroatoms. The van der Waals surface area contributed by atoms with Crippen LogP contribution >= 0.6 is 0 Å². The van der Waals surface area contributed by atoms with Gasteiger partial charge in [0.05, 0.1) is 5.52 Å². The van der Waals surface area contributed by atoms with Crippen molar-refractivity contribution in [3.8, 4) is 11.5 Å². The highest BCUT2D eigenvalue weighted by Crippen LogP contribution is 2.19. The SMILES string of the molecule is CC(CN)Cc1nc(-c2ccc3ccccc3n2)no1. The molecular formula is C15H16N4O. The Bertz CT molecular complexity index is 722. The number of benzene rings is 1. The van der Waals surface area contributed by atoms with Crippen LogP contribution in [0.25, 0.3) is 22.4 Å². The lowest BCUT2D eigenvalue weighted by Gasteiger charge is -2.02. The molecule has 3 aromatic rings. The third-order valence-electron chi connectivity index (χ3n) is 3.22. The van der Waals surface area contributed by atoms with Crippen LogP contribution in [0.5, 0.6) is 0 Å². The van der Waals surface area contributed by atoms with Crippen molar-refractivity contribution in [1.82, 2.24) is 15.1 Å². The Labute approximate surface area is 116 Å². The maximum absolute atomic E-state index is 5.60. The second-order valence-electron chi connectivity index (χ2n) is 4.95. The zero-order valence-corrected chi connectivity index (χ0v) is 11.3. The molecule has 0 amide bonds. The van der Waals surface area contributed by atoms with Crippen LogP contribution in [0.2, 0.25) is 0 Å². The molecule has 0 bridgehead atoms. The van der Waals surface area contributed by atoms with E-state index in [4.69, 9.17) is 10.3 Å². The topological polar surface area (TPSA) is 77.8 Å². The summed E-state index contributed by atoms with van der Waals surface area (Å²) in [5.41, 5.74) is 7.24. The molecule has 0 fully saturated rings. The molecule has 2 heterocycles. The van der Waals surface area contributed by atoms with E-state index in [-0.39, 0.29) is 0 Å². The maximum atomic E-state index is 5.60. The third-order valence-corrected chi connectivity index (χ3v) is 3.22. The van der Waals surface area contributed by atoms with Crippen molar-refractivity contribution in [2.45, 2.75) is 13.3 Å². The molecule has 2 aromatic heterocycles. The number of aromatic nitrogens is 3. The van der Waals surface area contributed by atoms with Crippen molar-refractivity contribution in [2.24, 2.45) is 11.7 Å². The zero-order chi connectivity index (χ0) is 13.9. The quantitative estimate of drug-likeness (QED) is 0.786. The molecule has 102 valence electrons. The number of hydrogen-bond acceptors (Lipinski definition) is 5. The van der Waals surface area contributed by atoms with Gasteiger partial charge in [0.15, 0.2) is 0 Å². The predicted molar refractivity (Wildman–Crippen MR) is 77.0 cm³/mol. The Balaban J connectivity index is 1.91. The Hall–Kier alpha value is -2.27. The minimum absolute atomic E-state index is 0.327. The van der Waals surface area contributed by atoms with Gasteiger partial charge in [-0.3, -0.25) is 0 Å². The molecule has 0 aliphatic heterocycles. The monoisotopic (exact) mass is 268 g/mol. The van der Waals surface area contributed by atoms with Gasteiger partial charge in [0.25, 0.3) is 0 Å². The maximum Gasteiger partial charge on any atom is 0.227 e. The summed E-state index contributed by atoms with van der Waals surface area (Å²) in [5, 5.41) is 5.09. The number of nitrogens with zero attached hydrogens (tertiary/aromatic N) is 3. The lowest BCUT2D eigenvalue weighted by atomic mass is 10.1. The molecule has 5 nitrogen and oxygen atoms in total. The van der Waals surface area contributed by atoms with Crippen molar-refractivity contribution in [3.63, 3.8) is 0 Å². The molecule has 2 N–H and O–H groups in total. The van der Waals surface area contributed by atoms with E-state index in [2.05, 4.69) is 22.0 Å². The van der Waals surface area contributed by atoms with Gasteiger partial charge >= 0.3 is 0 Å². The summed E-state index contributed by atoms with van der Waals surface area (Å²) < 4.78 is 5.25. The minimum Gasteiger partial charge on any atom is -0.339 e. The molecule has 1 aromatic carbocycles. The molecule has 0 radical (unpaired) electrons. The van der Waals surface area contributed by atoms with Gasteiger partial charge in [0, 0.05) is 11.8 Å². The molecule has 0 aliphatic rings. The number of nitrogens with two attached hydrogens (primary N) is 1. The summed E-state index contributed by atoms with van der Waals surface area (Å²) >= 11 is 0. The molecule has 3 rings (SSSR count). The van der Waals surface area contributed by atoms with E-state index in [1.54, 1.807) is 0 Å². The summed E-state index contributed by atoms with van der Waals surface area (Å²) in [6.07, 6.45) is 0.692. The van der Waals surface area contributed by atoms with Crippen LogP contribution in [0, 0.1) is 5.92 Å². The largest absolute Gasteiger partial charge is 0.339 e. The van der Waals surface area contributed by atoms with E-state index in [0.717, 1.165) is 16.6 Å². The van der Waals surface area contributed by atoms with Gasteiger partial charge in [0.1, 0.15) is 5.69 Å². The summed E-state index contributed by atoms with van der Waals surface area (Å²) in [6.45, 7) is 2.66. The van der Waals surface area contributed by atoms with Gasteiger partial charge < -0.3 is 10.3 Å². The zero-order valence-electron chi connectivity index (χ0n) is 11.3. The molecule has 0 aliphatic carbocycles. The fourth-order valence-electron chi connectivity index (χ4n) is 2.01. The average molecular weight is 268 g/mol. The lowest BCUT2D eigenvalue weighted by molar-refractivity contribution is 0.359. The van der Waals surface area contributed by atoms with Crippen LogP contribution < -0.4 is 5.73 Å². The Morgan fingerprint density at radius 2 is 2.00 bits per heavy atom. The van der Waals surface area contributed by atoms with Gasteiger partial charge in [-0.05, 0) is 24.6 Å². The molecule has 1 unspecified atom stereocenters. The first-order valence-electron chi connectivity index (χ1n) is 6.65. The number of pyridine rings is 1. The summed E-state index contributed by atoms with van der Waals surface area (Å²) in [5.74, 6) is 1.45. The van der Waals surface area contributed by atoms with E-state index in [1.807, 2.05) is 36.4 Å². The van der Waals surface area contributed by atoms with Gasteiger partial charge in [-0.1, -0.05) is 36.3 Å². The number of fused-ring (bicyclic) bond motifs is 1. The fourth-order valence-corrected chi connectivity index (χ4v) is 2.01. The van der Waals surface area contributed by atoms with Crippen LogP contribution in [0.15, 0.2) is 40.9 Å². The molecule has 1 atom stereocenters. The smallest absolute Gasteiger partial charge is 0.227 e. The van der Waals surface area contributed by atoms with E-state index in [1.165, 1.54) is 0 Å². The van der Waals surface area contributed by atoms with Gasteiger partial charge in [-0.2, -0.15) is 4.98 Å².